The molecule has 0 aliphatic rings. The van der Waals surface area contributed by atoms with E-state index >= 15 is 0 Å². The highest BCUT2D eigenvalue weighted by Crippen LogP contribution is 2.28. The maximum atomic E-state index is 11.3. The molecule has 0 saturated carbocycles. The molecule has 0 radical (unpaired) electrons. The van der Waals surface area contributed by atoms with Crippen LogP contribution in [0, 0.1) is 11.3 Å². The van der Waals surface area contributed by atoms with Gasteiger partial charge in [-0.15, -0.1) is 0 Å². The molecule has 1 aromatic carbocycles. The second kappa shape index (κ2) is 6.02. The lowest BCUT2D eigenvalue weighted by molar-refractivity contribution is -0.142. The van der Waals surface area contributed by atoms with Gasteiger partial charge in [0.05, 0.1) is 18.6 Å². The Bertz CT molecular complexity index is 452. The maximum absolute atomic E-state index is 11.3. The molecular formula is C11H9Br2NO2. The quantitative estimate of drug-likeness (QED) is 0.790. The number of esters is 1. The molecule has 84 valence electrons. The predicted molar refractivity (Wildman–Crippen MR) is 66.9 cm³/mol. The minimum Gasteiger partial charge on any atom is -0.466 e. The SMILES string of the molecule is CCOC(=O)Cc1ccc(Br)c(C#N)c1Br. The van der Waals surface area contributed by atoms with Gasteiger partial charge in [-0.25, -0.2) is 0 Å². The predicted octanol–water partition coefficient (Wildman–Crippen LogP) is 3.19. The molecule has 16 heavy (non-hydrogen) atoms. The standard InChI is InChI=1S/C11H9Br2NO2/c1-2-16-10(15)5-7-3-4-9(12)8(6-14)11(7)13/h3-4H,2,5H2,1H3. The summed E-state index contributed by atoms with van der Waals surface area (Å²) >= 11 is 6.58. The van der Waals surface area contributed by atoms with Gasteiger partial charge in [0.2, 0.25) is 0 Å². The molecule has 0 atom stereocenters. The summed E-state index contributed by atoms with van der Waals surface area (Å²) in [5.74, 6) is -0.297. The van der Waals surface area contributed by atoms with Crippen LogP contribution in [-0.4, -0.2) is 12.6 Å². The molecule has 1 aromatic rings. The van der Waals surface area contributed by atoms with Crippen LogP contribution in [0.25, 0.3) is 0 Å². The molecule has 0 spiro atoms. The third-order valence-corrected chi connectivity index (χ3v) is 3.49. The number of carbonyl (C=O) groups is 1. The van der Waals surface area contributed by atoms with Gasteiger partial charge in [-0.2, -0.15) is 5.26 Å². The molecule has 0 heterocycles. The fourth-order valence-electron chi connectivity index (χ4n) is 1.20. The normalized spacial score (nSPS) is 9.62. The zero-order valence-electron chi connectivity index (χ0n) is 8.59. The van der Waals surface area contributed by atoms with Gasteiger partial charge in [0, 0.05) is 8.95 Å². The van der Waals surface area contributed by atoms with Crippen molar-refractivity contribution in [2.24, 2.45) is 0 Å². The Kier molecular flexibility index (Phi) is 4.97. The Morgan fingerprint density at radius 1 is 1.50 bits per heavy atom. The summed E-state index contributed by atoms with van der Waals surface area (Å²) < 4.78 is 6.19. The maximum Gasteiger partial charge on any atom is 0.310 e. The van der Waals surface area contributed by atoms with Gasteiger partial charge in [0.15, 0.2) is 0 Å². The van der Waals surface area contributed by atoms with E-state index in [1.807, 2.05) is 0 Å². The molecule has 0 aliphatic carbocycles. The first kappa shape index (κ1) is 13.2. The lowest BCUT2D eigenvalue weighted by atomic mass is 10.1. The first-order valence-electron chi connectivity index (χ1n) is 4.62. The van der Waals surface area contributed by atoms with E-state index < -0.39 is 0 Å². The van der Waals surface area contributed by atoms with Crippen molar-refractivity contribution in [3.8, 4) is 6.07 Å². The van der Waals surface area contributed by atoms with Crippen molar-refractivity contribution in [3.63, 3.8) is 0 Å². The Balaban J connectivity index is 2.99. The van der Waals surface area contributed by atoms with E-state index in [1.165, 1.54) is 0 Å². The fraction of sp³-hybridized carbons (Fsp3) is 0.273. The van der Waals surface area contributed by atoms with Crippen LogP contribution in [-0.2, 0) is 16.0 Å². The summed E-state index contributed by atoms with van der Waals surface area (Å²) in [6, 6.07) is 5.59. The third kappa shape index (κ3) is 3.06. The molecule has 0 aliphatic heterocycles. The smallest absolute Gasteiger partial charge is 0.310 e. The van der Waals surface area contributed by atoms with Crippen LogP contribution in [0.1, 0.15) is 18.1 Å². The average molecular weight is 347 g/mol. The highest BCUT2D eigenvalue weighted by molar-refractivity contribution is 9.11. The molecule has 0 fully saturated rings. The monoisotopic (exact) mass is 345 g/mol. The molecular weight excluding hydrogens is 338 g/mol. The molecule has 0 aromatic heterocycles. The lowest BCUT2D eigenvalue weighted by Crippen LogP contribution is -2.08. The van der Waals surface area contributed by atoms with E-state index in [4.69, 9.17) is 10.00 Å². The van der Waals surface area contributed by atoms with Crippen molar-refractivity contribution in [3.05, 3.63) is 32.2 Å². The van der Waals surface area contributed by atoms with E-state index in [9.17, 15) is 4.79 Å². The number of halogens is 2. The zero-order valence-corrected chi connectivity index (χ0v) is 11.8. The van der Waals surface area contributed by atoms with E-state index in [0.29, 0.717) is 21.1 Å². The van der Waals surface area contributed by atoms with Crippen molar-refractivity contribution in [2.75, 3.05) is 6.61 Å². The first-order valence-corrected chi connectivity index (χ1v) is 6.21. The summed E-state index contributed by atoms with van der Waals surface area (Å²) in [7, 11) is 0. The van der Waals surface area contributed by atoms with Crippen molar-refractivity contribution < 1.29 is 9.53 Å². The van der Waals surface area contributed by atoms with Gasteiger partial charge in [0.1, 0.15) is 6.07 Å². The summed E-state index contributed by atoms with van der Waals surface area (Å²) in [4.78, 5) is 11.3. The second-order valence-corrected chi connectivity index (χ2v) is 4.64. The second-order valence-electron chi connectivity index (χ2n) is 2.99. The van der Waals surface area contributed by atoms with Crippen LogP contribution < -0.4 is 0 Å². The van der Waals surface area contributed by atoms with E-state index in [0.717, 1.165) is 5.56 Å². The number of carbonyl (C=O) groups excluding carboxylic acids is 1. The van der Waals surface area contributed by atoms with E-state index in [-0.39, 0.29) is 12.4 Å². The minimum atomic E-state index is -0.297. The highest BCUT2D eigenvalue weighted by atomic mass is 79.9. The fourth-order valence-corrected chi connectivity index (χ4v) is 2.46. The van der Waals surface area contributed by atoms with E-state index in [2.05, 4.69) is 37.9 Å². The van der Waals surface area contributed by atoms with Crippen LogP contribution in [0.3, 0.4) is 0 Å². The third-order valence-electron chi connectivity index (χ3n) is 1.92. The van der Waals surface area contributed by atoms with Gasteiger partial charge in [-0.1, -0.05) is 6.07 Å². The number of benzene rings is 1. The zero-order chi connectivity index (χ0) is 12.1. The van der Waals surface area contributed by atoms with Gasteiger partial charge < -0.3 is 4.74 Å². The molecule has 0 N–H and O–H groups in total. The summed E-state index contributed by atoms with van der Waals surface area (Å²) in [5.41, 5.74) is 1.24. The first-order chi connectivity index (χ1) is 7.60. The number of nitriles is 1. The van der Waals surface area contributed by atoms with Gasteiger partial charge in [-0.05, 0) is 50.4 Å². The van der Waals surface area contributed by atoms with Crippen molar-refractivity contribution in [2.45, 2.75) is 13.3 Å². The van der Waals surface area contributed by atoms with Crippen LogP contribution in [0.5, 0.6) is 0 Å². The Labute approximate surface area is 111 Å². The average Bonchev–Trinajstić information content (AvgIpc) is 2.23. The number of hydrogen-bond donors (Lipinski definition) is 0. The van der Waals surface area contributed by atoms with Crippen LogP contribution in [0.15, 0.2) is 21.1 Å². The topological polar surface area (TPSA) is 50.1 Å². The molecule has 0 bridgehead atoms. The van der Waals surface area contributed by atoms with E-state index in [1.54, 1.807) is 19.1 Å². The number of rotatable bonds is 3. The molecule has 0 unspecified atom stereocenters. The van der Waals surface area contributed by atoms with Crippen molar-refractivity contribution >= 4 is 37.8 Å². The molecule has 3 nitrogen and oxygen atoms in total. The molecule has 0 saturated heterocycles. The highest BCUT2D eigenvalue weighted by Gasteiger charge is 2.12. The van der Waals surface area contributed by atoms with Crippen LogP contribution in [0.2, 0.25) is 0 Å². The number of ether oxygens (including phenoxy) is 1. The molecule has 5 heteroatoms. The van der Waals surface area contributed by atoms with Crippen LogP contribution >= 0.6 is 31.9 Å². The lowest BCUT2D eigenvalue weighted by Gasteiger charge is -2.07. The number of nitrogens with zero attached hydrogens (tertiary/aromatic N) is 1. The largest absolute Gasteiger partial charge is 0.466 e. The summed E-state index contributed by atoms with van der Waals surface area (Å²) in [6.07, 6.45) is 0.163. The van der Waals surface area contributed by atoms with Crippen molar-refractivity contribution in [1.82, 2.24) is 0 Å². The molecule has 0 amide bonds. The van der Waals surface area contributed by atoms with Gasteiger partial charge in [0.25, 0.3) is 0 Å². The Morgan fingerprint density at radius 2 is 2.19 bits per heavy atom. The van der Waals surface area contributed by atoms with Gasteiger partial charge >= 0.3 is 5.97 Å². The Hall–Kier alpha value is -0.860. The minimum absolute atomic E-state index is 0.163. The summed E-state index contributed by atoms with van der Waals surface area (Å²) in [5, 5.41) is 8.94. The number of hydrogen-bond acceptors (Lipinski definition) is 3. The Morgan fingerprint density at radius 3 is 2.75 bits per heavy atom. The summed E-state index contributed by atoms with van der Waals surface area (Å²) in [6.45, 7) is 2.12. The van der Waals surface area contributed by atoms with Crippen molar-refractivity contribution in [1.29, 1.82) is 5.26 Å². The van der Waals surface area contributed by atoms with Crippen LogP contribution in [0.4, 0.5) is 0 Å². The van der Waals surface area contributed by atoms with Gasteiger partial charge in [-0.3, -0.25) is 4.79 Å². The molecule has 1 rings (SSSR count).